The number of carbonyl (C=O) groups is 2. The molecule has 3 aliphatic rings. The number of thioether (sulfide) groups is 1. The van der Waals surface area contributed by atoms with Gasteiger partial charge in [0.1, 0.15) is 6.29 Å². The molecule has 7 heteroatoms. The van der Waals surface area contributed by atoms with Gasteiger partial charge in [-0.1, -0.05) is 45.1 Å². The smallest absolute Gasteiger partial charge is 0.255 e. The van der Waals surface area contributed by atoms with Gasteiger partial charge in [-0.15, -0.1) is 11.8 Å². The molecule has 37 heavy (non-hydrogen) atoms. The van der Waals surface area contributed by atoms with Gasteiger partial charge < -0.3 is 19.9 Å². The van der Waals surface area contributed by atoms with Crippen molar-refractivity contribution in [2.45, 2.75) is 94.7 Å². The highest BCUT2D eigenvalue weighted by atomic mass is 32.2. The molecule has 0 saturated carbocycles. The van der Waals surface area contributed by atoms with Crippen molar-refractivity contribution in [3.8, 4) is 0 Å². The first-order valence-electron chi connectivity index (χ1n) is 14.9. The summed E-state index contributed by atoms with van der Waals surface area (Å²) in [5, 5.41) is 3.47. The maximum Gasteiger partial charge on any atom is 0.255 e. The lowest BCUT2D eigenvalue weighted by Gasteiger charge is -2.40. The molecule has 0 bridgehead atoms. The zero-order valence-corrected chi connectivity index (χ0v) is 23.8. The maximum absolute atomic E-state index is 12.9. The Bertz CT molecular complexity index is 852. The molecule has 6 nitrogen and oxygen atoms in total. The SMILES string of the molecule is CCCC(C=O)N1Cc2c(SCCCCCCCCN3CCC(N4CCNCC4)CC3)cccc2C1=O. The fourth-order valence-electron chi connectivity index (χ4n) is 6.20. The molecule has 1 atom stereocenters. The zero-order chi connectivity index (χ0) is 25.9. The number of aldehydes is 1. The van der Waals surface area contributed by atoms with Crippen LogP contribution in [0.5, 0.6) is 0 Å². The number of amides is 1. The van der Waals surface area contributed by atoms with Gasteiger partial charge in [0.25, 0.3) is 5.91 Å². The molecule has 0 spiro atoms. The minimum atomic E-state index is -0.299. The summed E-state index contributed by atoms with van der Waals surface area (Å²) in [6, 6.07) is 6.58. The van der Waals surface area contributed by atoms with E-state index in [1.807, 2.05) is 23.9 Å². The largest absolute Gasteiger partial charge is 0.324 e. The molecule has 1 unspecified atom stereocenters. The van der Waals surface area contributed by atoms with Crippen LogP contribution < -0.4 is 5.32 Å². The van der Waals surface area contributed by atoms with Crippen LogP contribution in [0, 0.1) is 0 Å². The Labute approximate surface area is 228 Å². The van der Waals surface area contributed by atoms with E-state index in [4.69, 9.17) is 0 Å². The van der Waals surface area contributed by atoms with Gasteiger partial charge in [-0.2, -0.15) is 0 Å². The molecule has 2 saturated heterocycles. The summed E-state index contributed by atoms with van der Waals surface area (Å²) in [6.45, 7) is 11.3. The van der Waals surface area contributed by atoms with Crippen molar-refractivity contribution in [3.63, 3.8) is 0 Å². The third kappa shape index (κ3) is 8.04. The maximum atomic E-state index is 12.9. The van der Waals surface area contributed by atoms with Gasteiger partial charge >= 0.3 is 0 Å². The first kappa shape index (κ1) is 28.6. The van der Waals surface area contributed by atoms with E-state index in [1.54, 1.807) is 4.90 Å². The molecule has 3 aliphatic heterocycles. The van der Waals surface area contributed by atoms with E-state index in [9.17, 15) is 9.59 Å². The summed E-state index contributed by atoms with van der Waals surface area (Å²) >= 11 is 1.88. The van der Waals surface area contributed by atoms with E-state index < -0.39 is 0 Å². The lowest BCUT2D eigenvalue weighted by Crippen LogP contribution is -2.52. The number of benzene rings is 1. The Morgan fingerprint density at radius 1 is 1.03 bits per heavy atom. The molecule has 1 amide bonds. The molecule has 4 rings (SSSR count). The van der Waals surface area contributed by atoms with Crippen LogP contribution in [0.3, 0.4) is 0 Å². The van der Waals surface area contributed by atoms with Gasteiger partial charge in [-0.05, 0) is 75.2 Å². The molecule has 3 heterocycles. The van der Waals surface area contributed by atoms with Crippen molar-refractivity contribution in [1.29, 1.82) is 0 Å². The molecule has 0 aromatic heterocycles. The number of fused-ring (bicyclic) bond motifs is 1. The molecule has 1 N–H and O–H groups in total. The number of piperidine rings is 1. The van der Waals surface area contributed by atoms with Crippen molar-refractivity contribution in [2.75, 3.05) is 51.6 Å². The summed E-state index contributed by atoms with van der Waals surface area (Å²) in [5.74, 6) is 1.12. The average molecular weight is 529 g/mol. The van der Waals surface area contributed by atoms with Crippen molar-refractivity contribution < 1.29 is 9.59 Å². The van der Waals surface area contributed by atoms with Gasteiger partial charge in [-0.3, -0.25) is 9.69 Å². The standard InChI is InChI=1S/C30H48N4O2S/c1-2-10-26(24-35)34-23-28-27(30(34)36)11-9-12-29(28)37-22-8-6-4-3-5-7-17-32-18-13-25(14-19-32)33-20-15-31-16-21-33/h9,11-12,24-26,31H,2-8,10,13-23H2,1H3. The zero-order valence-electron chi connectivity index (χ0n) is 23.0. The summed E-state index contributed by atoms with van der Waals surface area (Å²) in [6.07, 6.45) is 13.1. The predicted octanol–water partition coefficient (Wildman–Crippen LogP) is 4.81. The summed E-state index contributed by atoms with van der Waals surface area (Å²) in [7, 11) is 0. The molecule has 0 radical (unpaired) electrons. The minimum Gasteiger partial charge on any atom is -0.324 e. The fraction of sp³-hybridized carbons (Fsp3) is 0.733. The number of likely N-dealkylation sites (tertiary alicyclic amines) is 1. The van der Waals surface area contributed by atoms with Crippen molar-refractivity contribution in [3.05, 3.63) is 29.3 Å². The van der Waals surface area contributed by atoms with Gasteiger partial charge in [0.15, 0.2) is 0 Å². The van der Waals surface area contributed by atoms with Gasteiger partial charge in [0.2, 0.25) is 0 Å². The lowest BCUT2D eigenvalue weighted by atomic mass is 10.0. The highest BCUT2D eigenvalue weighted by Gasteiger charge is 2.33. The van der Waals surface area contributed by atoms with Gasteiger partial charge in [0, 0.05) is 49.2 Å². The van der Waals surface area contributed by atoms with E-state index >= 15 is 0 Å². The second kappa shape index (κ2) is 15.2. The highest BCUT2D eigenvalue weighted by molar-refractivity contribution is 7.99. The first-order chi connectivity index (χ1) is 18.2. The lowest BCUT2D eigenvalue weighted by molar-refractivity contribution is -0.112. The van der Waals surface area contributed by atoms with Crippen LogP contribution in [0.25, 0.3) is 0 Å². The topological polar surface area (TPSA) is 55.9 Å². The van der Waals surface area contributed by atoms with Gasteiger partial charge in [-0.25, -0.2) is 0 Å². The van der Waals surface area contributed by atoms with E-state index in [0.717, 1.165) is 55.1 Å². The van der Waals surface area contributed by atoms with E-state index in [1.165, 1.54) is 89.0 Å². The Morgan fingerprint density at radius 3 is 2.49 bits per heavy atom. The average Bonchev–Trinajstić information content (AvgIpc) is 3.28. The number of carbonyl (C=O) groups excluding carboxylic acids is 2. The molecule has 2 fully saturated rings. The van der Waals surface area contributed by atoms with Crippen LogP contribution >= 0.6 is 11.8 Å². The molecule has 1 aromatic carbocycles. The minimum absolute atomic E-state index is 0.0203. The van der Waals surface area contributed by atoms with Crippen molar-refractivity contribution >= 4 is 24.0 Å². The fourth-order valence-corrected chi connectivity index (χ4v) is 7.30. The number of nitrogens with one attached hydrogen (secondary N) is 1. The number of hydrogen-bond donors (Lipinski definition) is 1. The number of hydrogen-bond acceptors (Lipinski definition) is 6. The van der Waals surface area contributed by atoms with Crippen LogP contribution in [0.15, 0.2) is 23.1 Å². The Morgan fingerprint density at radius 2 is 1.76 bits per heavy atom. The highest BCUT2D eigenvalue weighted by Crippen LogP contribution is 2.34. The normalized spacial score (nSPS) is 20.4. The van der Waals surface area contributed by atoms with Gasteiger partial charge in [0.05, 0.1) is 6.04 Å². The molecular formula is C30H48N4O2S. The number of rotatable bonds is 15. The van der Waals surface area contributed by atoms with Crippen molar-refractivity contribution in [2.24, 2.45) is 0 Å². The Hall–Kier alpha value is -1.41. The third-order valence-corrected chi connectivity index (χ3v) is 9.63. The predicted molar refractivity (Wildman–Crippen MR) is 153 cm³/mol. The molecule has 1 aromatic rings. The molecule has 206 valence electrons. The Balaban J connectivity index is 1.05. The van der Waals surface area contributed by atoms with E-state index in [2.05, 4.69) is 28.1 Å². The summed E-state index contributed by atoms with van der Waals surface area (Å²) in [4.78, 5) is 32.8. The van der Waals surface area contributed by atoms with Crippen molar-refractivity contribution in [1.82, 2.24) is 20.0 Å². The molecular weight excluding hydrogens is 480 g/mol. The van der Waals surface area contributed by atoms with Crippen LogP contribution in [0.1, 0.15) is 87.1 Å². The molecule has 0 aliphatic carbocycles. The second-order valence-corrected chi connectivity index (χ2v) is 12.2. The second-order valence-electron chi connectivity index (χ2n) is 11.0. The van der Waals surface area contributed by atoms with Crippen LogP contribution in [0.2, 0.25) is 0 Å². The Kier molecular flexibility index (Phi) is 11.8. The first-order valence-corrected chi connectivity index (χ1v) is 15.9. The quantitative estimate of drug-likeness (QED) is 0.200. The van der Waals surface area contributed by atoms with E-state index in [0.29, 0.717) is 6.54 Å². The number of unbranched alkanes of at least 4 members (excludes halogenated alkanes) is 5. The van der Waals surface area contributed by atoms with Crippen LogP contribution in [-0.4, -0.2) is 90.5 Å². The third-order valence-electron chi connectivity index (χ3n) is 8.45. The summed E-state index contributed by atoms with van der Waals surface area (Å²) in [5.41, 5.74) is 1.92. The number of nitrogens with zero attached hydrogens (tertiary/aromatic N) is 3. The number of piperazine rings is 1. The monoisotopic (exact) mass is 528 g/mol. The van der Waals surface area contributed by atoms with E-state index in [-0.39, 0.29) is 11.9 Å². The van der Waals surface area contributed by atoms with Crippen LogP contribution in [-0.2, 0) is 11.3 Å². The van der Waals surface area contributed by atoms with Crippen LogP contribution in [0.4, 0.5) is 0 Å². The summed E-state index contributed by atoms with van der Waals surface area (Å²) < 4.78 is 0.